The molecule has 0 heterocycles. The molecule has 0 aromatic carbocycles. The predicted molar refractivity (Wildman–Crippen MR) is 101 cm³/mol. The number of hydrogen-bond acceptors (Lipinski definition) is 2. The van der Waals surface area contributed by atoms with Crippen molar-refractivity contribution >= 4 is 0 Å². The van der Waals surface area contributed by atoms with Gasteiger partial charge in [-0.2, -0.15) is 0 Å². The van der Waals surface area contributed by atoms with Gasteiger partial charge in [0.25, 0.3) is 0 Å². The summed E-state index contributed by atoms with van der Waals surface area (Å²) in [6.07, 6.45) is 11.9. The third-order valence-electron chi connectivity index (χ3n) is 7.53. The van der Waals surface area contributed by atoms with Crippen LogP contribution in [0, 0.1) is 35.5 Å². The van der Waals surface area contributed by atoms with E-state index in [0.717, 1.165) is 17.8 Å². The van der Waals surface area contributed by atoms with Crippen LogP contribution in [0.15, 0.2) is 0 Å². The summed E-state index contributed by atoms with van der Waals surface area (Å²) in [5, 5.41) is 0. The van der Waals surface area contributed by atoms with E-state index in [1.165, 1.54) is 57.8 Å². The SMILES string of the molecule is CCC1CC(CC)CC(C(N)C2CC(CC)C(N)C(CC)C2)C1. The molecule has 0 amide bonds. The van der Waals surface area contributed by atoms with E-state index >= 15 is 0 Å². The maximum absolute atomic E-state index is 6.90. The predicted octanol–water partition coefficient (Wildman–Crippen LogP) is 4.96. The van der Waals surface area contributed by atoms with Crippen LogP contribution in [-0.4, -0.2) is 12.1 Å². The van der Waals surface area contributed by atoms with Gasteiger partial charge in [0.15, 0.2) is 0 Å². The highest BCUT2D eigenvalue weighted by atomic mass is 14.7. The summed E-state index contributed by atoms with van der Waals surface area (Å²) >= 11 is 0. The molecule has 2 fully saturated rings. The summed E-state index contributed by atoms with van der Waals surface area (Å²) in [4.78, 5) is 0. The lowest BCUT2D eigenvalue weighted by atomic mass is 9.63. The van der Waals surface area contributed by atoms with E-state index in [0.29, 0.717) is 29.8 Å². The van der Waals surface area contributed by atoms with Crippen molar-refractivity contribution in [2.45, 2.75) is 97.6 Å². The van der Waals surface area contributed by atoms with E-state index in [1.54, 1.807) is 0 Å². The summed E-state index contributed by atoms with van der Waals surface area (Å²) < 4.78 is 0. The minimum Gasteiger partial charge on any atom is -0.327 e. The largest absolute Gasteiger partial charge is 0.327 e. The van der Waals surface area contributed by atoms with Gasteiger partial charge in [-0.3, -0.25) is 0 Å². The lowest BCUT2D eigenvalue weighted by Gasteiger charge is -2.46. The fraction of sp³-hybridized carbons (Fsp3) is 1.00. The van der Waals surface area contributed by atoms with Gasteiger partial charge < -0.3 is 11.5 Å². The average molecular weight is 323 g/mol. The molecule has 2 nitrogen and oxygen atoms in total. The molecule has 2 heteroatoms. The second-order valence-electron chi connectivity index (χ2n) is 8.74. The minimum absolute atomic E-state index is 0.409. The molecular formula is C21H42N2. The molecular weight excluding hydrogens is 280 g/mol. The van der Waals surface area contributed by atoms with E-state index < -0.39 is 0 Å². The smallest absolute Gasteiger partial charge is 0.00960 e. The van der Waals surface area contributed by atoms with Gasteiger partial charge in [0.2, 0.25) is 0 Å². The van der Waals surface area contributed by atoms with Gasteiger partial charge in [0.05, 0.1) is 0 Å². The zero-order valence-electron chi connectivity index (χ0n) is 16.1. The van der Waals surface area contributed by atoms with Crippen molar-refractivity contribution in [3.8, 4) is 0 Å². The van der Waals surface area contributed by atoms with E-state index in [9.17, 15) is 0 Å². The van der Waals surface area contributed by atoms with Gasteiger partial charge in [0, 0.05) is 12.1 Å². The number of rotatable bonds is 6. The Kier molecular flexibility index (Phi) is 7.41. The Morgan fingerprint density at radius 2 is 1.13 bits per heavy atom. The second kappa shape index (κ2) is 8.85. The summed E-state index contributed by atoms with van der Waals surface area (Å²) in [7, 11) is 0. The normalized spacial score (nSPS) is 43.3. The molecule has 4 N–H and O–H groups in total. The molecule has 0 aromatic heterocycles. The van der Waals surface area contributed by atoms with Gasteiger partial charge in [-0.1, -0.05) is 53.4 Å². The Labute approximate surface area is 145 Å². The van der Waals surface area contributed by atoms with E-state index in [2.05, 4.69) is 27.7 Å². The molecule has 0 aromatic rings. The first-order chi connectivity index (χ1) is 11.0. The fourth-order valence-corrected chi connectivity index (χ4v) is 5.75. The molecule has 0 spiro atoms. The molecule has 0 bridgehead atoms. The Balaban J connectivity index is 2.04. The lowest BCUT2D eigenvalue weighted by molar-refractivity contribution is 0.0851. The van der Waals surface area contributed by atoms with Crippen molar-refractivity contribution in [3.63, 3.8) is 0 Å². The van der Waals surface area contributed by atoms with Gasteiger partial charge >= 0.3 is 0 Å². The standard InChI is InChI=1S/C21H42N2/c1-5-14-9-15(6-2)11-18(10-14)21(23)19-12-16(7-3)20(22)17(8-4)13-19/h14-21H,5-13,22-23H2,1-4H3. The van der Waals surface area contributed by atoms with Crippen LogP contribution in [0.4, 0.5) is 0 Å². The molecule has 0 saturated heterocycles. The molecule has 2 aliphatic rings. The first kappa shape index (κ1) is 19.2. The van der Waals surface area contributed by atoms with Crippen molar-refractivity contribution in [2.24, 2.45) is 47.0 Å². The average Bonchev–Trinajstić information content (AvgIpc) is 2.60. The van der Waals surface area contributed by atoms with Gasteiger partial charge in [-0.15, -0.1) is 0 Å². The van der Waals surface area contributed by atoms with Crippen LogP contribution in [0.1, 0.15) is 85.5 Å². The zero-order valence-corrected chi connectivity index (χ0v) is 16.1. The van der Waals surface area contributed by atoms with E-state index in [1.807, 2.05) is 0 Å². The van der Waals surface area contributed by atoms with Crippen molar-refractivity contribution in [1.82, 2.24) is 0 Å². The van der Waals surface area contributed by atoms with Gasteiger partial charge in [0.1, 0.15) is 0 Å². The van der Waals surface area contributed by atoms with Crippen LogP contribution in [0.2, 0.25) is 0 Å². The maximum Gasteiger partial charge on any atom is 0.00960 e. The molecule has 2 saturated carbocycles. The van der Waals surface area contributed by atoms with Crippen LogP contribution >= 0.6 is 0 Å². The second-order valence-corrected chi connectivity index (χ2v) is 8.74. The molecule has 2 rings (SSSR count). The number of hydrogen-bond donors (Lipinski definition) is 2. The number of nitrogens with two attached hydrogens (primary N) is 2. The topological polar surface area (TPSA) is 52.0 Å². The maximum atomic E-state index is 6.90. The molecule has 136 valence electrons. The van der Waals surface area contributed by atoms with Gasteiger partial charge in [-0.05, 0) is 67.6 Å². The fourth-order valence-electron chi connectivity index (χ4n) is 5.75. The molecule has 0 radical (unpaired) electrons. The molecule has 0 aliphatic heterocycles. The van der Waals surface area contributed by atoms with Crippen LogP contribution in [0.25, 0.3) is 0 Å². The zero-order chi connectivity index (χ0) is 17.0. The van der Waals surface area contributed by atoms with Crippen LogP contribution in [0.5, 0.6) is 0 Å². The third-order valence-corrected chi connectivity index (χ3v) is 7.53. The third kappa shape index (κ3) is 4.51. The summed E-state index contributed by atoms with van der Waals surface area (Å²) in [6.45, 7) is 9.36. The van der Waals surface area contributed by atoms with Crippen molar-refractivity contribution < 1.29 is 0 Å². The monoisotopic (exact) mass is 322 g/mol. The summed E-state index contributed by atoms with van der Waals surface area (Å²) in [6, 6.07) is 0.820. The Bertz CT molecular complexity index is 317. The van der Waals surface area contributed by atoms with Crippen molar-refractivity contribution in [3.05, 3.63) is 0 Å². The first-order valence-corrected chi connectivity index (χ1v) is 10.5. The van der Waals surface area contributed by atoms with Gasteiger partial charge in [-0.25, -0.2) is 0 Å². The van der Waals surface area contributed by atoms with E-state index in [-0.39, 0.29) is 0 Å². The Morgan fingerprint density at radius 3 is 1.52 bits per heavy atom. The Morgan fingerprint density at radius 1 is 0.696 bits per heavy atom. The first-order valence-electron chi connectivity index (χ1n) is 10.5. The lowest BCUT2D eigenvalue weighted by Crippen LogP contribution is -2.50. The molecule has 2 aliphatic carbocycles. The van der Waals surface area contributed by atoms with Crippen molar-refractivity contribution in [2.75, 3.05) is 0 Å². The van der Waals surface area contributed by atoms with E-state index in [4.69, 9.17) is 11.5 Å². The summed E-state index contributed by atoms with van der Waals surface area (Å²) in [5.41, 5.74) is 13.4. The Hall–Kier alpha value is -0.0800. The van der Waals surface area contributed by atoms with Crippen molar-refractivity contribution in [1.29, 1.82) is 0 Å². The molecule has 5 unspecified atom stereocenters. The van der Waals surface area contributed by atoms with Crippen LogP contribution in [-0.2, 0) is 0 Å². The van der Waals surface area contributed by atoms with Crippen LogP contribution < -0.4 is 11.5 Å². The van der Waals surface area contributed by atoms with Crippen LogP contribution in [0.3, 0.4) is 0 Å². The highest BCUT2D eigenvalue weighted by Gasteiger charge is 2.40. The minimum atomic E-state index is 0.409. The highest BCUT2D eigenvalue weighted by Crippen LogP contribution is 2.43. The quantitative estimate of drug-likeness (QED) is 0.726. The molecule has 23 heavy (non-hydrogen) atoms. The molecule has 5 atom stereocenters. The summed E-state index contributed by atoms with van der Waals surface area (Å²) in [5.74, 6) is 4.68. The highest BCUT2D eigenvalue weighted by molar-refractivity contribution is 4.94.